The fourth-order valence-electron chi connectivity index (χ4n) is 0.591. The summed E-state index contributed by atoms with van der Waals surface area (Å²) in [7, 11) is -3.72. The largest absolute Gasteiger partial charge is 0.480 e. The molecule has 0 aliphatic rings. The van der Waals surface area contributed by atoms with Crippen LogP contribution in [0.1, 0.15) is 6.42 Å². The molecule has 0 saturated heterocycles. The third-order valence-corrected chi connectivity index (χ3v) is 2.62. The maximum Gasteiger partial charge on any atom is 0.320 e. The average Bonchev–Trinajstić information content (AvgIpc) is 1.96. The predicted octanol–water partition coefficient (Wildman–Crippen LogP) is -0.596. The highest BCUT2D eigenvalue weighted by Crippen LogP contribution is 2.45. The van der Waals surface area contributed by atoms with E-state index in [0.717, 1.165) is 6.66 Å². The van der Waals surface area contributed by atoms with Gasteiger partial charge in [-0.3, -0.25) is 9.36 Å². The number of carbonyl (C=O) groups is 1. The van der Waals surface area contributed by atoms with Gasteiger partial charge in [0.1, 0.15) is 12.0 Å². The molecule has 2 atom stereocenters. The van der Waals surface area contributed by atoms with Crippen molar-refractivity contribution in [2.24, 2.45) is 5.73 Å². The van der Waals surface area contributed by atoms with Crippen molar-refractivity contribution < 1.29 is 24.2 Å². The van der Waals surface area contributed by atoms with E-state index in [2.05, 4.69) is 0 Å². The van der Waals surface area contributed by atoms with Crippen LogP contribution in [0.15, 0.2) is 5.31 Å². The van der Waals surface area contributed by atoms with E-state index in [-0.39, 0.29) is 0 Å². The van der Waals surface area contributed by atoms with E-state index < -0.39 is 31.1 Å². The maximum atomic E-state index is 10.9. The molecule has 0 aromatic rings. The van der Waals surface area contributed by atoms with Gasteiger partial charge in [0.25, 0.3) is 0 Å². The van der Waals surface area contributed by atoms with E-state index >= 15 is 0 Å². The van der Waals surface area contributed by atoms with Crippen LogP contribution in [0.25, 0.3) is 0 Å². The molecule has 0 rings (SSSR count). The van der Waals surface area contributed by atoms with Crippen LogP contribution >= 0.6 is 7.37 Å². The first kappa shape index (κ1) is 12.1. The van der Waals surface area contributed by atoms with Crippen molar-refractivity contribution >= 4 is 19.3 Å². The third-order valence-electron chi connectivity index (χ3n) is 1.35. The molecule has 0 spiro atoms. The number of carbonyl (C=O) groups excluding carboxylic acids is 1. The number of rotatable bonds is 4. The van der Waals surface area contributed by atoms with E-state index in [0.29, 0.717) is 0 Å². The first-order chi connectivity index (χ1) is 5.79. The summed E-state index contributed by atoms with van der Waals surface area (Å²) in [6.07, 6.45) is -0.455. The highest BCUT2D eigenvalue weighted by Gasteiger charge is 2.24. The summed E-state index contributed by atoms with van der Waals surface area (Å²) in [5, 5.41) is 7.87. The molecule has 2 unspecified atom stereocenters. The van der Waals surface area contributed by atoms with E-state index in [1.165, 1.54) is 5.94 Å². The van der Waals surface area contributed by atoms with Gasteiger partial charge in [-0.05, 0) is 0 Å². The second kappa shape index (κ2) is 4.35. The maximum absolute atomic E-state index is 10.9. The summed E-state index contributed by atoms with van der Waals surface area (Å²) in [6, 6.07) is -1.35. The molecule has 7 heteroatoms. The van der Waals surface area contributed by atoms with Gasteiger partial charge in [0.2, 0.25) is 7.37 Å². The summed E-state index contributed by atoms with van der Waals surface area (Å²) < 4.78 is 10.9. The van der Waals surface area contributed by atoms with Crippen molar-refractivity contribution in [2.45, 2.75) is 12.5 Å². The molecule has 0 aliphatic carbocycles. The lowest BCUT2D eigenvalue weighted by molar-refractivity contribution is -0.138. The lowest BCUT2D eigenvalue weighted by Crippen LogP contribution is -2.30. The monoisotopic (exact) mass is 207 g/mol. The standard InChI is InChI=1S/C6H10NO5P/c1-13(11,12)4(3-8)2-5(7)6(9)10/h5H,2,7H2,1H3,(H,9,10)(H,11,12). The van der Waals surface area contributed by atoms with Crippen molar-refractivity contribution in [3.63, 3.8) is 0 Å². The third kappa shape index (κ3) is 4.01. The topological polar surface area (TPSA) is 118 Å². The van der Waals surface area contributed by atoms with Gasteiger partial charge in [-0.15, -0.1) is 0 Å². The molecule has 0 aromatic heterocycles. The molecule has 13 heavy (non-hydrogen) atoms. The average molecular weight is 207 g/mol. The number of carboxylic acids is 1. The smallest absolute Gasteiger partial charge is 0.320 e. The van der Waals surface area contributed by atoms with E-state index in [1.54, 1.807) is 0 Å². The number of hydrogen-bond acceptors (Lipinski definition) is 4. The van der Waals surface area contributed by atoms with Gasteiger partial charge in [0.15, 0.2) is 0 Å². The quantitative estimate of drug-likeness (QED) is 0.418. The molecule has 4 N–H and O–H groups in total. The van der Waals surface area contributed by atoms with Crippen LogP contribution in [-0.2, 0) is 14.2 Å². The van der Waals surface area contributed by atoms with Gasteiger partial charge >= 0.3 is 5.97 Å². The molecular formula is C6H10NO5P. The minimum atomic E-state index is -3.72. The minimum absolute atomic E-state index is 0.455. The Bertz CT molecular complexity index is 300. The van der Waals surface area contributed by atoms with Crippen LogP contribution in [0.2, 0.25) is 0 Å². The molecule has 0 aliphatic heterocycles. The number of nitrogens with two attached hydrogens (primary N) is 1. The van der Waals surface area contributed by atoms with Crippen LogP contribution in [-0.4, -0.2) is 34.6 Å². The van der Waals surface area contributed by atoms with Gasteiger partial charge in [-0.25, -0.2) is 4.79 Å². The van der Waals surface area contributed by atoms with Crippen molar-refractivity contribution in [2.75, 3.05) is 6.66 Å². The van der Waals surface area contributed by atoms with Gasteiger partial charge < -0.3 is 15.7 Å². The first-order valence-corrected chi connectivity index (χ1v) is 5.43. The normalized spacial score (nSPS) is 16.8. The molecule has 0 bridgehead atoms. The zero-order chi connectivity index (χ0) is 10.6. The van der Waals surface area contributed by atoms with Crippen LogP contribution in [0.5, 0.6) is 0 Å². The van der Waals surface area contributed by atoms with Crippen LogP contribution in [0, 0.1) is 0 Å². The molecule has 0 saturated carbocycles. The molecular weight excluding hydrogens is 197 g/mol. The van der Waals surface area contributed by atoms with Gasteiger partial charge in [-0.2, -0.15) is 0 Å². The van der Waals surface area contributed by atoms with Gasteiger partial charge in [0.05, 0.1) is 5.31 Å². The molecule has 74 valence electrons. The number of aliphatic carboxylic acids is 1. The predicted molar refractivity (Wildman–Crippen MR) is 45.2 cm³/mol. The van der Waals surface area contributed by atoms with E-state index in [9.17, 15) is 14.2 Å². The Morgan fingerprint density at radius 1 is 1.69 bits per heavy atom. The summed E-state index contributed by atoms with van der Waals surface area (Å²) in [6.45, 7) is 0.932. The van der Waals surface area contributed by atoms with E-state index in [1.807, 2.05) is 0 Å². The molecule has 0 fully saturated rings. The Morgan fingerprint density at radius 3 is 2.38 bits per heavy atom. The SMILES string of the molecule is CP(=O)(O)C(=C=O)CC(N)C(=O)O. The Kier molecular flexibility index (Phi) is 4.04. The lowest BCUT2D eigenvalue weighted by atomic mass is 10.2. The molecule has 0 aromatic carbocycles. The van der Waals surface area contributed by atoms with Crippen LogP contribution in [0.4, 0.5) is 0 Å². The zero-order valence-electron chi connectivity index (χ0n) is 6.93. The van der Waals surface area contributed by atoms with Gasteiger partial charge in [-0.1, -0.05) is 0 Å². The van der Waals surface area contributed by atoms with Crippen molar-refractivity contribution in [3.05, 3.63) is 5.31 Å². The Balaban J connectivity index is 4.61. The molecule has 6 nitrogen and oxygen atoms in total. The highest BCUT2D eigenvalue weighted by atomic mass is 31.2. The van der Waals surface area contributed by atoms with Crippen molar-refractivity contribution in [1.29, 1.82) is 0 Å². The fourth-order valence-corrected chi connectivity index (χ4v) is 1.30. The summed E-state index contributed by atoms with van der Waals surface area (Å²) in [4.78, 5) is 29.3. The first-order valence-electron chi connectivity index (χ1n) is 3.32. The Hall–Kier alpha value is -0.930. The van der Waals surface area contributed by atoms with E-state index in [4.69, 9.17) is 15.7 Å². The Morgan fingerprint density at radius 2 is 2.15 bits per heavy atom. The number of hydrogen-bond donors (Lipinski definition) is 3. The Labute approximate surface area is 74.5 Å². The lowest BCUT2D eigenvalue weighted by Gasteiger charge is -2.09. The molecule has 0 heterocycles. The summed E-state index contributed by atoms with van der Waals surface area (Å²) in [5.74, 6) is -0.0942. The zero-order valence-corrected chi connectivity index (χ0v) is 7.82. The number of carboxylic acid groups (broad SMARTS) is 1. The summed E-state index contributed by atoms with van der Waals surface area (Å²) >= 11 is 0. The fraction of sp³-hybridized carbons (Fsp3) is 0.500. The minimum Gasteiger partial charge on any atom is -0.480 e. The van der Waals surface area contributed by atoms with Crippen LogP contribution < -0.4 is 5.73 Å². The molecule has 0 radical (unpaired) electrons. The highest BCUT2D eigenvalue weighted by molar-refractivity contribution is 7.62. The van der Waals surface area contributed by atoms with Gasteiger partial charge in [0, 0.05) is 13.1 Å². The van der Waals surface area contributed by atoms with Crippen LogP contribution in [0.3, 0.4) is 0 Å². The summed E-state index contributed by atoms with van der Waals surface area (Å²) in [5.41, 5.74) is 5.06. The van der Waals surface area contributed by atoms with Crippen molar-refractivity contribution in [1.82, 2.24) is 0 Å². The van der Waals surface area contributed by atoms with Crippen molar-refractivity contribution in [3.8, 4) is 0 Å². The second-order valence-electron chi connectivity index (χ2n) is 2.58. The molecule has 0 amide bonds. The second-order valence-corrected chi connectivity index (χ2v) is 4.87.